The van der Waals surface area contributed by atoms with E-state index in [0.717, 1.165) is 16.8 Å². The highest BCUT2D eigenvalue weighted by atomic mass is 16.2. The van der Waals surface area contributed by atoms with Crippen LogP contribution in [0.3, 0.4) is 0 Å². The van der Waals surface area contributed by atoms with Gasteiger partial charge in [0, 0.05) is 25.0 Å². The molecule has 0 radical (unpaired) electrons. The lowest BCUT2D eigenvalue weighted by Crippen LogP contribution is -2.31. The van der Waals surface area contributed by atoms with Crippen molar-refractivity contribution in [3.8, 4) is 0 Å². The van der Waals surface area contributed by atoms with Gasteiger partial charge in [0.05, 0.1) is 6.42 Å². The first-order valence-electron chi connectivity index (χ1n) is 8.07. The summed E-state index contributed by atoms with van der Waals surface area (Å²) >= 11 is 0. The van der Waals surface area contributed by atoms with E-state index in [1.54, 1.807) is 6.20 Å². The van der Waals surface area contributed by atoms with Crippen molar-refractivity contribution in [3.63, 3.8) is 0 Å². The van der Waals surface area contributed by atoms with E-state index in [4.69, 9.17) is 0 Å². The van der Waals surface area contributed by atoms with Gasteiger partial charge in [-0.1, -0.05) is 66.7 Å². The minimum absolute atomic E-state index is 0.0846. The maximum atomic E-state index is 12.8. The van der Waals surface area contributed by atoms with Gasteiger partial charge in [0.2, 0.25) is 5.91 Å². The predicted octanol–water partition coefficient (Wildman–Crippen LogP) is 3.85. The fourth-order valence-corrected chi connectivity index (χ4v) is 2.61. The third-order valence-electron chi connectivity index (χ3n) is 3.84. The van der Waals surface area contributed by atoms with Crippen LogP contribution in [-0.2, 0) is 24.3 Å². The average molecular weight is 316 g/mol. The topological polar surface area (TPSA) is 33.2 Å². The summed E-state index contributed by atoms with van der Waals surface area (Å²) in [6, 6.07) is 25.8. The van der Waals surface area contributed by atoms with E-state index in [1.165, 1.54) is 0 Å². The molecule has 3 rings (SSSR count). The fourth-order valence-electron chi connectivity index (χ4n) is 2.61. The lowest BCUT2D eigenvalue weighted by molar-refractivity contribution is -0.131. The van der Waals surface area contributed by atoms with E-state index in [1.807, 2.05) is 83.8 Å². The monoisotopic (exact) mass is 316 g/mol. The number of hydrogen-bond donors (Lipinski definition) is 0. The van der Waals surface area contributed by atoms with Crippen LogP contribution in [0.5, 0.6) is 0 Å². The first kappa shape index (κ1) is 15.9. The SMILES string of the molecule is O=C(Cc1ccccn1)N(Cc1ccccc1)Cc1ccccc1. The second-order valence-corrected chi connectivity index (χ2v) is 5.72. The minimum Gasteiger partial charge on any atom is -0.334 e. The van der Waals surface area contributed by atoms with Crippen LogP contribution >= 0.6 is 0 Å². The van der Waals surface area contributed by atoms with Crippen LogP contribution in [0.4, 0.5) is 0 Å². The molecule has 0 fully saturated rings. The van der Waals surface area contributed by atoms with Crippen LogP contribution in [0.1, 0.15) is 16.8 Å². The number of rotatable bonds is 6. The zero-order valence-corrected chi connectivity index (χ0v) is 13.5. The number of aromatic nitrogens is 1. The fraction of sp³-hybridized carbons (Fsp3) is 0.143. The molecule has 0 aliphatic carbocycles. The molecule has 0 saturated heterocycles. The predicted molar refractivity (Wildman–Crippen MR) is 95.1 cm³/mol. The molecule has 0 N–H and O–H groups in total. The molecule has 0 aliphatic rings. The quantitative estimate of drug-likeness (QED) is 0.692. The average Bonchev–Trinajstić information content (AvgIpc) is 2.64. The smallest absolute Gasteiger partial charge is 0.229 e. The van der Waals surface area contributed by atoms with Crippen LogP contribution in [0.25, 0.3) is 0 Å². The van der Waals surface area contributed by atoms with Gasteiger partial charge >= 0.3 is 0 Å². The number of carbonyl (C=O) groups excluding carboxylic acids is 1. The number of hydrogen-bond acceptors (Lipinski definition) is 2. The first-order valence-corrected chi connectivity index (χ1v) is 8.07. The molecular formula is C21H20N2O. The molecule has 3 nitrogen and oxygen atoms in total. The van der Waals surface area contributed by atoms with Gasteiger partial charge in [0.15, 0.2) is 0 Å². The molecule has 1 amide bonds. The summed E-state index contributed by atoms with van der Waals surface area (Å²) in [7, 11) is 0. The lowest BCUT2D eigenvalue weighted by atomic mass is 10.1. The molecule has 0 bridgehead atoms. The van der Waals surface area contributed by atoms with E-state index in [-0.39, 0.29) is 5.91 Å². The highest BCUT2D eigenvalue weighted by Gasteiger charge is 2.15. The normalized spacial score (nSPS) is 10.3. The second-order valence-electron chi connectivity index (χ2n) is 5.72. The van der Waals surface area contributed by atoms with Crippen molar-refractivity contribution in [3.05, 3.63) is 102 Å². The number of benzene rings is 2. The standard InChI is InChI=1S/C21H20N2O/c24-21(15-20-13-7-8-14-22-20)23(16-18-9-3-1-4-10-18)17-19-11-5-2-6-12-19/h1-14H,15-17H2. The van der Waals surface area contributed by atoms with E-state index < -0.39 is 0 Å². The molecule has 0 atom stereocenters. The van der Waals surface area contributed by atoms with Crippen LogP contribution in [0.2, 0.25) is 0 Å². The molecule has 2 aromatic carbocycles. The van der Waals surface area contributed by atoms with Gasteiger partial charge < -0.3 is 4.90 Å². The van der Waals surface area contributed by atoms with Crippen molar-refractivity contribution in [2.24, 2.45) is 0 Å². The molecule has 3 aromatic rings. The van der Waals surface area contributed by atoms with Gasteiger partial charge in [-0.2, -0.15) is 0 Å². The van der Waals surface area contributed by atoms with E-state index in [2.05, 4.69) is 4.98 Å². The van der Waals surface area contributed by atoms with Crippen LogP contribution in [-0.4, -0.2) is 15.8 Å². The van der Waals surface area contributed by atoms with Crippen molar-refractivity contribution >= 4 is 5.91 Å². The number of carbonyl (C=O) groups is 1. The molecule has 0 aliphatic heterocycles. The summed E-state index contributed by atoms with van der Waals surface area (Å²) in [6.07, 6.45) is 2.04. The van der Waals surface area contributed by atoms with Crippen LogP contribution in [0.15, 0.2) is 85.1 Å². The Morgan fingerprint density at radius 1 is 0.750 bits per heavy atom. The molecule has 0 unspecified atom stereocenters. The Morgan fingerprint density at radius 3 is 1.79 bits per heavy atom. The Bertz CT molecular complexity index is 716. The first-order chi connectivity index (χ1) is 11.8. The van der Waals surface area contributed by atoms with Crippen molar-refractivity contribution in [1.29, 1.82) is 0 Å². The van der Waals surface area contributed by atoms with E-state index in [9.17, 15) is 4.79 Å². The summed E-state index contributed by atoms with van der Waals surface area (Å²) in [5.41, 5.74) is 3.05. The number of nitrogens with zero attached hydrogens (tertiary/aromatic N) is 2. The van der Waals surface area contributed by atoms with Gasteiger partial charge in [-0.3, -0.25) is 9.78 Å². The minimum atomic E-state index is 0.0846. The summed E-state index contributed by atoms with van der Waals surface area (Å²) in [4.78, 5) is 19.0. The Hall–Kier alpha value is -2.94. The summed E-state index contributed by atoms with van der Waals surface area (Å²) < 4.78 is 0. The molecular weight excluding hydrogens is 296 g/mol. The zero-order valence-electron chi connectivity index (χ0n) is 13.5. The largest absolute Gasteiger partial charge is 0.334 e. The van der Waals surface area contributed by atoms with Gasteiger partial charge in [-0.25, -0.2) is 0 Å². The Morgan fingerprint density at radius 2 is 1.29 bits per heavy atom. The molecule has 3 heteroatoms. The van der Waals surface area contributed by atoms with Gasteiger partial charge in [-0.15, -0.1) is 0 Å². The molecule has 1 heterocycles. The van der Waals surface area contributed by atoms with Gasteiger partial charge in [0.1, 0.15) is 0 Å². The van der Waals surface area contributed by atoms with E-state index in [0.29, 0.717) is 19.5 Å². The van der Waals surface area contributed by atoms with Gasteiger partial charge in [0.25, 0.3) is 0 Å². The van der Waals surface area contributed by atoms with Crippen molar-refractivity contribution < 1.29 is 4.79 Å². The molecule has 120 valence electrons. The maximum Gasteiger partial charge on any atom is 0.229 e. The summed E-state index contributed by atoms with van der Waals surface area (Å²) in [6.45, 7) is 1.20. The van der Waals surface area contributed by atoms with Crippen molar-refractivity contribution in [1.82, 2.24) is 9.88 Å². The molecule has 0 spiro atoms. The summed E-state index contributed by atoms with van der Waals surface area (Å²) in [5.74, 6) is 0.0846. The highest BCUT2D eigenvalue weighted by Crippen LogP contribution is 2.12. The summed E-state index contributed by atoms with van der Waals surface area (Å²) in [5, 5.41) is 0. The zero-order chi connectivity index (χ0) is 16.6. The van der Waals surface area contributed by atoms with Crippen LogP contribution in [0, 0.1) is 0 Å². The third-order valence-corrected chi connectivity index (χ3v) is 3.84. The van der Waals surface area contributed by atoms with Gasteiger partial charge in [-0.05, 0) is 23.3 Å². The van der Waals surface area contributed by atoms with Crippen molar-refractivity contribution in [2.75, 3.05) is 0 Å². The number of pyridine rings is 1. The third kappa shape index (κ3) is 4.53. The second kappa shape index (κ2) is 8.06. The lowest BCUT2D eigenvalue weighted by Gasteiger charge is -2.23. The Labute approximate surface area is 142 Å². The highest BCUT2D eigenvalue weighted by molar-refractivity contribution is 5.78. The molecule has 24 heavy (non-hydrogen) atoms. The number of amides is 1. The van der Waals surface area contributed by atoms with Crippen molar-refractivity contribution in [2.45, 2.75) is 19.5 Å². The Kier molecular flexibility index (Phi) is 5.36. The molecule has 0 saturated carbocycles. The Balaban J connectivity index is 1.76. The molecule has 1 aromatic heterocycles. The van der Waals surface area contributed by atoms with E-state index >= 15 is 0 Å². The van der Waals surface area contributed by atoms with Crippen LogP contribution < -0.4 is 0 Å². The maximum absolute atomic E-state index is 12.8.